The first kappa shape index (κ1) is 18.7. The lowest BCUT2D eigenvalue weighted by Gasteiger charge is -2.12. The smallest absolute Gasteiger partial charge is 0.242 e. The number of aromatic nitrogens is 1. The van der Waals surface area contributed by atoms with E-state index in [9.17, 15) is 8.42 Å². The van der Waals surface area contributed by atoms with Crippen molar-refractivity contribution in [1.29, 1.82) is 0 Å². The zero-order valence-corrected chi connectivity index (χ0v) is 16.3. The van der Waals surface area contributed by atoms with E-state index in [1.807, 2.05) is 36.4 Å². The molecular formula is C19H20N2O3S2. The van der Waals surface area contributed by atoms with Crippen LogP contribution in [-0.2, 0) is 21.5 Å². The number of benzene rings is 2. The van der Waals surface area contributed by atoms with E-state index in [4.69, 9.17) is 4.42 Å². The maximum Gasteiger partial charge on any atom is 0.242 e. The molecule has 2 aromatic carbocycles. The van der Waals surface area contributed by atoms with Crippen LogP contribution in [0.4, 0.5) is 0 Å². The molecule has 0 saturated heterocycles. The van der Waals surface area contributed by atoms with E-state index in [0.717, 1.165) is 16.8 Å². The zero-order valence-electron chi connectivity index (χ0n) is 14.6. The molecule has 0 aliphatic rings. The van der Waals surface area contributed by atoms with Crippen LogP contribution in [0.3, 0.4) is 0 Å². The van der Waals surface area contributed by atoms with Crippen LogP contribution in [0.15, 0.2) is 70.2 Å². The third-order valence-corrected chi connectivity index (χ3v) is 6.62. The van der Waals surface area contributed by atoms with E-state index in [1.54, 1.807) is 36.2 Å². The summed E-state index contributed by atoms with van der Waals surface area (Å²) in [5.74, 6) is 2.01. The standard InChI is InChI=1S/C19H20N2O3S2/c1-21(2)26(22,23)18-10-6-7-15(11-18)13-25-14-17-12-24-19(20-17)16-8-4-3-5-9-16/h3-12H,13-14H2,1-2H3. The van der Waals surface area contributed by atoms with E-state index >= 15 is 0 Å². The molecule has 0 saturated carbocycles. The van der Waals surface area contributed by atoms with Crippen molar-refractivity contribution in [3.05, 3.63) is 72.1 Å². The van der Waals surface area contributed by atoms with E-state index in [0.29, 0.717) is 22.3 Å². The van der Waals surface area contributed by atoms with Crippen LogP contribution in [0.1, 0.15) is 11.3 Å². The molecule has 0 amide bonds. The van der Waals surface area contributed by atoms with Crippen LogP contribution < -0.4 is 0 Å². The Balaban J connectivity index is 1.62. The number of rotatable bonds is 7. The van der Waals surface area contributed by atoms with Gasteiger partial charge in [-0.15, -0.1) is 0 Å². The average molecular weight is 389 g/mol. The molecular weight excluding hydrogens is 368 g/mol. The quantitative estimate of drug-likeness (QED) is 0.612. The molecule has 1 heterocycles. The highest BCUT2D eigenvalue weighted by molar-refractivity contribution is 7.97. The molecule has 7 heteroatoms. The highest BCUT2D eigenvalue weighted by atomic mass is 32.2. The molecule has 0 aliphatic carbocycles. The highest BCUT2D eigenvalue weighted by Gasteiger charge is 2.17. The van der Waals surface area contributed by atoms with Gasteiger partial charge in [-0.05, 0) is 29.8 Å². The SMILES string of the molecule is CN(C)S(=O)(=O)c1cccc(CSCc2coc(-c3ccccc3)n2)c1. The second-order valence-electron chi connectivity index (χ2n) is 5.94. The van der Waals surface area contributed by atoms with Crippen LogP contribution in [-0.4, -0.2) is 31.8 Å². The predicted octanol–water partition coefficient (Wildman–Crippen LogP) is 4.03. The minimum absolute atomic E-state index is 0.313. The summed E-state index contributed by atoms with van der Waals surface area (Å²) < 4.78 is 31.2. The molecule has 0 unspecified atom stereocenters. The van der Waals surface area contributed by atoms with Gasteiger partial charge < -0.3 is 4.42 Å². The van der Waals surface area contributed by atoms with E-state index in [2.05, 4.69) is 4.98 Å². The summed E-state index contributed by atoms with van der Waals surface area (Å²) in [4.78, 5) is 4.81. The third-order valence-electron chi connectivity index (χ3n) is 3.77. The predicted molar refractivity (Wildman–Crippen MR) is 104 cm³/mol. The van der Waals surface area contributed by atoms with Gasteiger partial charge in [0.2, 0.25) is 15.9 Å². The Hall–Kier alpha value is -2.09. The molecule has 0 spiro atoms. The van der Waals surface area contributed by atoms with Crippen LogP contribution in [0.2, 0.25) is 0 Å². The Morgan fingerprint density at radius 2 is 1.81 bits per heavy atom. The Kier molecular flexibility index (Phi) is 5.80. The van der Waals surface area contributed by atoms with E-state index < -0.39 is 10.0 Å². The summed E-state index contributed by atoms with van der Waals surface area (Å²) in [5, 5.41) is 0. The number of oxazole rings is 1. The fourth-order valence-electron chi connectivity index (χ4n) is 2.37. The van der Waals surface area contributed by atoms with Gasteiger partial charge in [0, 0.05) is 31.2 Å². The van der Waals surface area contributed by atoms with Crippen molar-refractivity contribution in [3.63, 3.8) is 0 Å². The summed E-state index contributed by atoms with van der Waals surface area (Å²) in [6.07, 6.45) is 1.67. The molecule has 5 nitrogen and oxygen atoms in total. The van der Waals surface area contributed by atoms with Crippen molar-refractivity contribution < 1.29 is 12.8 Å². The van der Waals surface area contributed by atoms with Crippen molar-refractivity contribution >= 4 is 21.8 Å². The van der Waals surface area contributed by atoms with Gasteiger partial charge in [-0.25, -0.2) is 17.7 Å². The van der Waals surface area contributed by atoms with Crippen molar-refractivity contribution in [2.45, 2.75) is 16.4 Å². The van der Waals surface area contributed by atoms with Gasteiger partial charge in [0.1, 0.15) is 6.26 Å². The van der Waals surface area contributed by atoms with Crippen molar-refractivity contribution in [2.75, 3.05) is 14.1 Å². The molecule has 1 aromatic heterocycles. The first-order valence-corrected chi connectivity index (χ1v) is 10.7. The van der Waals surface area contributed by atoms with Crippen LogP contribution in [0, 0.1) is 0 Å². The minimum Gasteiger partial charge on any atom is -0.444 e. The van der Waals surface area contributed by atoms with Gasteiger partial charge in [-0.2, -0.15) is 11.8 Å². The molecule has 0 N–H and O–H groups in total. The third kappa shape index (κ3) is 4.35. The van der Waals surface area contributed by atoms with Gasteiger partial charge >= 0.3 is 0 Å². The normalized spacial score (nSPS) is 11.8. The number of nitrogens with zero attached hydrogens (tertiary/aromatic N) is 2. The molecule has 0 radical (unpaired) electrons. The Labute approximate surface area is 158 Å². The molecule has 3 aromatic rings. The summed E-state index contributed by atoms with van der Waals surface area (Å²) in [6, 6.07) is 16.8. The van der Waals surface area contributed by atoms with E-state index in [-0.39, 0.29) is 0 Å². The fourth-order valence-corrected chi connectivity index (χ4v) is 4.20. The second-order valence-corrected chi connectivity index (χ2v) is 9.08. The monoisotopic (exact) mass is 388 g/mol. The number of sulfonamides is 1. The van der Waals surface area contributed by atoms with Gasteiger partial charge in [0.15, 0.2) is 0 Å². The largest absolute Gasteiger partial charge is 0.444 e. The molecule has 26 heavy (non-hydrogen) atoms. The topological polar surface area (TPSA) is 63.4 Å². The van der Waals surface area contributed by atoms with Crippen LogP contribution >= 0.6 is 11.8 Å². The van der Waals surface area contributed by atoms with Gasteiger partial charge in [0.05, 0.1) is 10.6 Å². The summed E-state index contributed by atoms with van der Waals surface area (Å²) in [5.41, 5.74) is 2.78. The summed E-state index contributed by atoms with van der Waals surface area (Å²) in [7, 11) is -0.340. The maximum absolute atomic E-state index is 12.2. The van der Waals surface area contributed by atoms with Gasteiger partial charge in [-0.3, -0.25) is 0 Å². The Morgan fingerprint density at radius 1 is 1.04 bits per heavy atom. The van der Waals surface area contributed by atoms with Crippen LogP contribution in [0.25, 0.3) is 11.5 Å². The lowest BCUT2D eigenvalue weighted by Crippen LogP contribution is -2.22. The number of hydrogen-bond donors (Lipinski definition) is 0. The lowest BCUT2D eigenvalue weighted by atomic mass is 10.2. The molecule has 0 fully saturated rings. The average Bonchev–Trinajstić information content (AvgIpc) is 3.11. The molecule has 0 aliphatic heterocycles. The number of hydrogen-bond acceptors (Lipinski definition) is 5. The van der Waals surface area contributed by atoms with Crippen LogP contribution in [0.5, 0.6) is 0 Å². The van der Waals surface area contributed by atoms with Gasteiger partial charge in [0.25, 0.3) is 0 Å². The highest BCUT2D eigenvalue weighted by Crippen LogP contribution is 2.23. The molecule has 0 bridgehead atoms. The minimum atomic E-state index is -3.41. The fraction of sp³-hybridized carbons (Fsp3) is 0.211. The van der Waals surface area contributed by atoms with Crippen molar-refractivity contribution in [1.82, 2.24) is 9.29 Å². The van der Waals surface area contributed by atoms with Gasteiger partial charge in [-0.1, -0.05) is 30.3 Å². The molecule has 0 atom stereocenters. The lowest BCUT2D eigenvalue weighted by molar-refractivity contribution is 0.520. The number of thioether (sulfide) groups is 1. The van der Waals surface area contributed by atoms with E-state index in [1.165, 1.54) is 18.4 Å². The zero-order chi connectivity index (χ0) is 18.6. The Bertz CT molecular complexity index is 967. The molecule has 136 valence electrons. The van der Waals surface area contributed by atoms with Crippen molar-refractivity contribution in [3.8, 4) is 11.5 Å². The molecule has 3 rings (SSSR count). The summed E-state index contributed by atoms with van der Waals surface area (Å²) in [6.45, 7) is 0. The first-order chi connectivity index (χ1) is 12.5. The maximum atomic E-state index is 12.2. The second kappa shape index (κ2) is 8.07. The Morgan fingerprint density at radius 3 is 2.54 bits per heavy atom. The summed E-state index contributed by atoms with van der Waals surface area (Å²) >= 11 is 1.66. The first-order valence-electron chi connectivity index (χ1n) is 8.06. The van der Waals surface area contributed by atoms with Crippen molar-refractivity contribution in [2.24, 2.45) is 0 Å².